The van der Waals surface area contributed by atoms with Crippen molar-refractivity contribution in [1.82, 2.24) is 0 Å². The van der Waals surface area contributed by atoms with Gasteiger partial charge < -0.3 is 5.73 Å². The highest BCUT2D eigenvalue weighted by Crippen LogP contribution is 2.11. The van der Waals surface area contributed by atoms with Gasteiger partial charge in [0.1, 0.15) is 0 Å². The molecule has 0 aromatic rings. The summed E-state index contributed by atoms with van der Waals surface area (Å²) in [6.07, 6.45) is 10.2. The van der Waals surface area contributed by atoms with Gasteiger partial charge in [0.05, 0.1) is 0 Å². The molecule has 0 aromatic heterocycles. The lowest BCUT2D eigenvalue weighted by molar-refractivity contribution is -0.114. The molecule has 0 heterocycles. The molecule has 0 spiro atoms. The Hall–Kier alpha value is -0.790. The van der Waals surface area contributed by atoms with Gasteiger partial charge in [-0.15, -0.1) is 0 Å². The Labute approximate surface area is 87.6 Å². The summed E-state index contributed by atoms with van der Waals surface area (Å²) < 4.78 is 0. The van der Waals surface area contributed by atoms with Gasteiger partial charge in [0, 0.05) is 5.57 Å². The first-order valence-electron chi connectivity index (χ1n) is 5.67. The standard InChI is InChI=1S/C12H23NO/c1-3-5-6-7-8-9-10-11(4-2)12(13)14/h4H,3,5-10H2,1-2H3,(H2,13,14)/b11-4-. The molecule has 0 unspecified atom stereocenters. The highest BCUT2D eigenvalue weighted by atomic mass is 16.1. The topological polar surface area (TPSA) is 43.1 Å². The number of carbonyl (C=O) groups excluding carboxylic acids is 1. The zero-order valence-electron chi connectivity index (χ0n) is 9.51. The third-order valence-electron chi connectivity index (χ3n) is 2.46. The van der Waals surface area contributed by atoms with E-state index in [1.54, 1.807) is 0 Å². The molecular weight excluding hydrogens is 174 g/mol. The van der Waals surface area contributed by atoms with E-state index in [9.17, 15) is 4.79 Å². The summed E-state index contributed by atoms with van der Waals surface area (Å²) in [6, 6.07) is 0. The zero-order chi connectivity index (χ0) is 10.8. The summed E-state index contributed by atoms with van der Waals surface area (Å²) >= 11 is 0. The van der Waals surface area contributed by atoms with Gasteiger partial charge in [-0.3, -0.25) is 4.79 Å². The van der Waals surface area contributed by atoms with Crippen LogP contribution in [0.5, 0.6) is 0 Å². The molecule has 1 amide bonds. The molecule has 0 aliphatic rings. The second kappa shape index (κ2) is 8.79. The maximum absolute atomic E-state index is 10.9. The van der Waals surface area contributed by atoms with E-state index >= 15 is 0 Å². The molecule has 0 fully saturated rings. The van der Waals surface area contributed by atoms with Crippen LogP contribution in [0, 0.1) is 0 Å². The van der Waals surface area contributed by atoms with Gasteiger partial charge in [-0.05, 0) is 19.8 Å². The smallest absolute Gasteiger partial charge is 0.244 e. The van der Waals surface area contributed by atoms with Gasteiger partial charge in [0.25, 0.3) is 0 Å². The molecular formula is C12H23NO. The van der Waals surface area contributed by atoms with E-state index in [-0.39, 0.29) is 5.91 Å². The molecule has 0 aliphatic heterocycles. The number of unbranched alkanes of at least 4 members (excludes halogenated alkanes) is 5. The molecule has 0 bridgehead atoms. The molecule has 0 atom stereocenters. The number of carbonyl (C=O) groups is 1. The second-order valence-corrected chi connectivity index (χ2v) is 3.70. The van der Waals surface area contributed by atoms with E-state index in [4.69, 9.17) is 5.73 Å². The van der Waals surface area contributed by atoms with Crippen molar-refractivity contribution < 1.29 is 4.79 Å². The summed E-state index contributed by atoms with van der Waals surface area (Å²) in [5.41, 5.74) is 5.98. The Kier molecular flexibility index (Phi) is 8.30. The molecule has 0 radical (unpaired) electrons. The molecule has 0 saturated carbocycles. The van der Waals surface area contributed by atoms with E-state index < -0.39 is 0 Å². The first-order valence-corrected chi connectivity index (χ1v) is 5.67. The fourth-order valence-corrected chi connectivity index (χ4v) is 1.51. The van der Waals surface area contributed by atoms with Crippen LogP contribution in [-0.4, -0.2) is 5.91 Å². The van der Waals surface area contributed by atoms with Crippen LogP contribution in [0.15, 0.2) is 11.6 Å². The third kappa shape index (κ3) is 6.70. The Morgan fingerprint density at radius 1 is 1.14 bits per heavy atom. The maximum Gasteiger partial charge on any atom is 0.244 e. The predicted octanol–water partition coefficient (Wildman–Crippen LogP) is 3.17. The molecule has 0 saturated heterocycles. The Morgan fingerprint density at radius 2 is 1.71 bits per heavy atom. The van der Waals surface area contributed by atoms with Gasteiger partial charge in [0.15, 0.2) is 0 Å². The monoisotopic (exact) mass is 197 g/mol. The van der Waals surface area contributed by atoms with Gasteiger partial charge in [-0.25, -0.2) is 0 Å². The lowest BCUT2D eigenvalue weighted by Gasteiger charge is -2.02. The zero-order valence-corrected chi connectivity index (χ0v) is 9.51. The summed E-state index contributed by atoms with van der Waals surface area (Å²) in [7, 11) is 0. The van der Waals surface area contributed by atoms with Crippen LogP contribution in [0.4, 0.5) is 0 Å². The maximum atomic E-state index is 10.9. The summed E-state index contributed by atoms with van der Waals surface area (Å²) in [4.78, 5) is 10.9. The molecule has 82 valence electrons. The summed E-state index contributed by atoms with van der Waals surface area (Å²) in [5, 5.41) is 0. The van der Waals surface area contributed by atoms with Gasteiger partial charge in [0.2, 0.25) is 5.91 Å². The van der Waals surface area contributed by atoms with Gasteiger partial charge in [-0.1, -0.05) is 45.1 Å². The Morgan fingerprint density at radius 3 is 2.21 bits per heavy atom. The van der Waals surface area contributed by atoms with Crippen molar-refractivity contribution in [3.05, 3.63) is 11.6 Å². The normalized spacial score (nSPS) is 11.7. The third-order valence-corrected chi connectivity index (χ3v) is 2.46. The van der Waals surface area contributed by atoms with Crippen LogP contribution in [0.1, 0.15) is 58.8 Å². The molecule has 0 aromatic carbocycles. The van der Waals surface area contributed by atoms with Crippen LogP contribution in [0.2, 0.25) is 0 Å². The van der Waals surface area contributed by atoms with Crippen LogP contribution in [0.3, 0.4) is 0 Å². The van der Waals surface area contributed by atoms with Gasteiger partial charge >= 0.3 is 0 Å². The second-order valence-electron chi connectivity index (χ2n) is 3.70. The first kappa shape index (κ1) is 13.2. The van der Waals surface area contributed by atoms with Crippen molar-refractivity contribution in [2.24, 2.45) is 5.73 Å². The number of primary amides is 1. The fraction of sp³-hybridized carbons (Fsp3) is 0.750. The predicted molar refractivity (Wildman–Crippen MR) is 60.9 cm³/mol. The first-order chi connectivity index (χ1) is 6.72. The number of allylic oxidation sites excluding steroid dienone is 1. The Bertz CT molecular complexity index is 185. The summed E-state index contributed by atoms with van der Waals surface area (Å²) in [6.45, 7) is 4.09. The van der Waals surface area contributed by atoms with Crippen LogP contribution < -0.4 is 5.73 Å². The van der Waals surface area contributed by atoms with Crippen molar-refractivity contribution in [2.75, 3.05) is 0 Å². The average molecular weight is 197 g/mol. The van der Waals surface area contributed by atoms with E-state index in [1.807, 2.05) is 13.0 Å². The molecule has 14 heavy (non-hydrogen) atoms. The minimum Gasteiger partial charge on any atom is -0.366 e. The van der Waals surface area contributed by atoms with Crippen LogP contribution >= 0.6 is 0 Å². The molecule has 2 N–H and O–H groups in total. The van der Waals surface area contributed by atoms with Crippen LogP contribution in [0.25, 0.3) is 0 Å². The summed E-state index contributed by atoms with van der Waals surface area (Å²) in [5.74, 6) is -0.263. The van der Waals surface area contributed by atoms with Crippen molar-refractivity contribution >= 4 is 5.91 Å². The lowest BCUT2D eigenvalue weighted by atomic mass is 10.0. The minimum absolute atomic E-state index is 0.263. The number of amides is 1. The molecule has 0 rings (SSSR count). The Balaban J connectivity index is 3.39. The van der Waals surface area contributed by atoms with Crippen LogP contribution in [-0.2, 0) is 4.79 Å². The lowest BCUT2D eigenvalue weighted by Crippen LogP contribution is -2.13. The fourth-order valence-electron chi connectivity index (χ4n) is 1.51. The van der Waals surface area contributed by atoms with E-state index in [0.717, 1.165) is 18.4 Å². The van der Waals surface area contributed by atoms with Crippen molar-refractivity contribution in [1.29, 1.82) is 0 Å². The molecule has 2 nitrogen and oxygen atoms in total. The number of hydrogen-bond acceptors (Lipinski definition) is 1. The number of rotatable bonds is 8. The van der Waals surface area contributed by atoms with Crippen molar-refractivity contribution in [2.45, 2.75) is 58.8 Å². The minimum atomic E-state index is -0.263. The van der Waals surface area contributed by atoms with Crippen molar-refractivity contribution in [3.63, 3.8) is 0 Å². The van der Waals surface area contributed by atoms with Gasteiger partial charge in [-0.2, -0.15) is 0 Å². The average Bonchev–Trinajstić information content (AvgIpc) is 2.16. The van der Waals surface area contributed by atoms with E-state index in [1.165, 1.54) is 32.1 Å². The number of nitrogens with two attached hydrogens (primary N) is 1. The largest absolute Gasteiger partial charge is 0.366 e. The number of hydrogen-bond donors (Lipinski definition) is 1. The van der Waals surface area contributed by atoms with Crippen molar-refractivity contribution in [3.8, 4) is 0 Å². The highest BCUT2D eigenvalue weighted by Gasteiger charge is 2.02. The molecule has 2 heteroatoms. The molecule has 0 aliphatic carbocycles. The van der Waals surface area contributed by atoms with E-state index in [0.29, 0.717) is 0 Å². The highest BCUT2D eigenvalue weighted by molar-refractivity contribution is 5.91. The quantitative estimate of drug-likeness (QED) is 0.471. The van der Waals surface area contributed by atoms with E-state index in [2.05, 4.69) is 6.92 Å². The SMILES string of the molecule is C/C=C(/CCCCCCCC)C(N)=O.